The lowest BCUT2D eigenvalue weighted by Crippen LogP contribution is -2.44. The van der Waals surface area contributed by atoms with Gasteiger partial charge in [0.25, 0.3) is 5.91 Å². The Morgan fingerprint density at radius 1 is 1.63 bits per heavy atom. The highest BCUT2D eigenvalue weighted by Gasteiger charge is 2.21. The summed E-state index contributed by atoms with van der Waals surface area (Å²) in [4.78, 5) is 18.5. The van der Waals surface area contributed by atoms with Crippen LogP contribution in [0.25, 0.3) is 0 Å². The van der Waals surface area contributed by atoms with E-state index >= 15 is 0 Å². The predicted molar refractivity (Wildman–Crippen MR) is 77.1 cm³/mol. The smallest absolute Gasteiger partial charge is 0.270 e. The van der Waals surface area contributed by atoms with Crippen LogP contribution in [-0.4, -0.2) is 41.5 Å². The van der Waals surface area contributed by atoms with Gasteiger partial charge in [0.2, 0.25) is 0 Å². The molecule has 1 aliphatic rings. The lowest BCUT2D eigenvalue weighted by molar-refractivity contribution is 0.0909. The number of nitrogens with zero attached hydrogens (tertiary/aromatic N) is 2. The number of amides is 1. The highest BCUT2D eigenvalue weighted by Crippen LogP contribution is 2.12. The fourth-order valence-corrected chi connectivity index (χ4v) is 2.87. The second-order valence-corrected chi connectivity index (χ2v) is 5.61. The van der Waals surface area contributed by atoms with Crippen LogP contribution in [0.5, 0.6) is 0 Å². The fraction of sp³-hybridized carbons (Fsp3) is 0.538. The van der Waals surface area contributed by atoms with Gasteiger partial charge in [-0.25, -0.2) is 4.98 Å². The Bertz CT molecular complexity index is 438. The minimum atomic E-state index is -0.0851. The van der Waals surface area contributed by atoms with Gasteiger partial charge in [0.1, 0.15) is 10.7 Å². The molecule has 0 radical (unpaired) electrons. The summed E-state index contributed by atoms with van der Waals surface area (Å²) in [5.41, 5.74) is 5.98. The number of thiazole rings is 1. The van der Waals surface area contributed by atoms with Crippen LogP contribution in [0.4, 0.5) is 0 Å². The molecule has 2 rings (SSSR count). The van der Waals surface area contributed by atoms with Crippen molar-refractivity contribution in [3.05, 3.63) is 28.7 Å². The van der Waals surface area contributed by atoms with Crippen molar-refractivity contribution in [3.63, 3.8) is 0 Å². The van der Waals surface area contributed by atoms with Crippen molar-refractivity contribution in [1.29, 1.82) is 0 Å². The van der Waals surface area contributed by atoms with Crippen molar-refractivity contribution in [3.8, 4) is 0 Å². The SMILES string of the molecule is C=CCN1CCC(NC(=O)c2csc(CN)n2)CC1. The van der Waals surface area contributed by atoms with Gasteiger partial charge in [-0.2, -0.15) is 0 Å². The highest BCUT2D eigenvalue weighted by atomic mass is 32.1. The van der Waals surface area contributed by atoms with Crippen molar-refractivity contribution < 1.29 is 4.79 Å². The quantitative estimate of drug-likeness (QED) is 0.789. The topological polar surface area (TPSA) is 71.2 Å². The summed E-state index contributed by atoms with van der Waals surface area (Å²) in [7, 11) is 0. The molecule has 1 aromatic rings. The van der Waals surface area contributed by atoms with Crippen molar-refractivity contribution in [2.75, 3.05) is 19.6 Å². The first-order valence-corrected chi connectivity index (χ1v) is 7.39. The van der Waals surface area contributed by atoms with Gasteiger partial charge in [0.15, 0.2) is 0 Å². The number of carbonyl (C=O) groups is 1. The standard InChI is InChI=1S/C13H20N4OS/c1-2-5-17-6-3-10(4-7-17)15-13(18)11-9-19-12(8-14)16-11/h2,9-10H,1,3-8,14H2,(H,15,18). The zero-order valence-corrected chi connectivity index (χ0v) is 11.8. The first-order valence-electron chi connectivity index (χ1n) is 6.51. The summed E-state index contributed by atoms with van der Waals surface area (Å²) in [5.74, 6) is -0.0851. The molecule has 6 heteroatoms. The van der Waals surface area contributed by atoms with Gasteiger partial charge in [-0.3, -0.25) is 9.69 Å². The van der Waals surface area contributed by atoms with Crippen LogP contribution >= 0.6 is 11.3 Å². The third-order valence-electron chi connectivity index (χ3n) is 3.27. The van der Waals surface area contributed by atoms with E-state index in [1.165, 1.54) is 11.3 Å². The molecule has 1 fully saturated rings. The molecule has 0 aromatic carbocycles. The molecular weight excluding hydrogens is 260 g/mol. The summed E-state index contributed by atoms with van der Waals surface area (Å²) in [6, 6.07) is 0.247. The first-order chi connectivity index (χ1) is 9.22. The number of aromatic nitrogens is 1. The lowest BCUT2D eigenvalue weighted by Gasteiger charge is -2.31. The van der Waals surface area contributed by atoms with E-state index in [4.69, 9.17) is 5.73 Å². The van der Waals surface area contributed by atoms with E-state index in [9.17, 15) is 4.79 Å². The summed E-state index contributed by atoms with van der Waals surface area (Å²) in [5, 5.41) is 5.61. The van der Waals surface area contributed by atoms with E-state index < -0.39 is 0 Å². The van der Waals surface area contributed by atoms with Crippen LogP contribution in [0.15, 0.2) is 18.0 Å². The van der Waals surface area contributed by atoms with Crippen molar-refractivity contribution in [1.82, 2.24) is 15.2 Å². The van der Waals surface area contributed by atoms with E-state index in [1.54, 1.807) is 5.38 Å². The van der Waals surface area contributed by atoms with Crippen molar-refractivity contribution in [2.24, 2.45) is 5.73 Å². The molecular formula is C13H20N4OS. The summed E-state index contributed by atoms with van der Waals surface area (Å²) in [6.45, 7) is 7.06. The third-order valence-corrected chi connectivity index (χ3v) is 4.14. The Labute approximate surface area is 117 Å². The van der Waals surface area contributed by atoms with E-state index in [-0.39, 0.29) is 11.9 Å². The van der Waals surface area contributed by atoms with E-state index in [0.29, 0.717) is 12.2 Å². The molecule has 19 heavy (non-hydrogen) atoms. The van der Waals surface area contributed by atoms with Crippen LogP contribution in [0, 0.1) is 0 Å². The third kappa shape index (κ3) is 3.86. The van der Waals surface area contributed by atoms with Crippen LogP contribution < -0.4 is 11.1 Å². The Balaban J connectivity index is 1.82. The van der Waals surface area contributed by atoms with Gasteiger partial charge in [0.05, 0.1) is 0 Å². The van der Waals surface area contributed by atoms with E-state index in [2.05, 4.69) is 21.8 Å². The zero-order valence-electron chi connectivity index (χ0n) is 11.0. The zero-order chi connectivity index (χ0) is 13.7. The maximum atomic E-state index is 12.0. The normalized spacial score (nSPS) is 17.3. The van der Waals surface area contributed by atoms with Crippen LogP contribution in [0.2, 0.25) is 0 Å². The Morgan fingerprint density at radius 2 is 2.37 bits per heavy atom. The summed E-state index contributed by atoms with van der Waals surface area (Å²) in [6.07, 6.45) is 3.88. The average Bonchev–Trinajstić information content (AvgIpc) is 2.90. The number of hydrogen-bond acceptors (Lipinski definition) is 5. The summed E-state index contributed by atoms with van der Waals surface area (Å²) < 4.78 is 0. The molecule has 0 aliphatic carbocycles. The molecule has 1 saturated heterocycles. The van der Waals surface area contributed by atoms with Gasteiger partial charge >= 0.3 is 0 Å². The molecule has 0 unspecified atom stereocenters. The number of hydrogen-bond donors (Lipinski definition) is 2. The Kier molecular flexibility index (Phi) is 5.07. The molecule has 2 heterocycles. The molecule has 0 bridgehead atoms. The number of nitrogens with two attached hydrogens (primary N) is 1. The van der Waals surface area contributed by atoms with Gasteiger partial charge in [-0.15, -0.1) is 17.9 Å². The second-order valence-electron chi connectivity index (χ2n) is 4.67. The van der Waals surface area contributed by atoms with E-state index in [0.717, 1.165) is 37.5 Å². The molecule has 0 spiro atoms. The highest BCUT2D eigenvalue weighted by molar-refractivity contribution is 7.09. The molecule has 1 aliphatic heterocycles. The minimum Gasteiger partial charge on any atom is -0.348 e. The number of nitrogens with one attached hydrogen (secondary N) is 1. The maximum Gasteiger partial charge on any atom is 0.270 e. The molecule has 1 amide bonds. The minimum absolute atomic E-state index is 0.0851. The molecule has 5 nitrogen and oxygen atoms in total. The van der Waals surface area contributed by atoms with Gasteiger partial charge < -0.3 is 11.1 Å². The maximum absolute atomic E-state index is 12.0. The van der Waals surface area contributed by atoms with Crippen LogP contribution in [0.3, 0.4) is 0 Å². The number of piperidine rings is 1. The van der Waals surface area contributed by atoms with Gasteiger partial charge in [-0.05, 0) is 12.8 Å². The first kappa shape index (κ1) is 14.2. The molecule has 0 saturated carbocycles. The molecule has 1 aromatic heterocycles. The monoisotopic (exact) mass is 280 g/mol. The Morgan fingerprint density at radius 3 is 2.95 bits per heavy atom. The number of likely N-dealkylation sites (tertiary alicyclic amines) is 1. The second kappa shape index (κ2) is 6.79. The van der Waals surface area contributed by atoms with E-state index in [1.807, 2.05) is 6.08 Å². The summed E-state index contributed by atoms with van der Waals surface area (Å²) >= 11 is 1.43. The molecule has 3 N–H and O–H groups in total. The predicted octanol–water partition coefficient (Wildman–Crippen LogP) is 0.982. The van der Waals surface area contributed by atoms with Crippen LogP contribution in [-0.2, 0) is 6.54 Å². The number of carbonyl (C=O) groups excluding carboxylic acids is 1. The number of rotatable bonds is 5. The Hall–Kier alpha value is -1.24. The fourth-order valence-electron chi connectivity index (χ4n) is 2.21. The van der Waals surface area contributed by atoms with Crippen LogP contribution in [0.1, 0.15) is 28.3 Å². The average molecular weight is 280 g/mol. The van der Waals surface area contributed by atoms with Gasteiger partial charge in [-0.1, -0.05) is 6.08 Å². The van der Waals surface area contributed by atoms with Gasteiger partial charge in [0, 0.05) is 37.6 Å². The molecule has 104 valence electrons. The largest absolute Gasteiger partial charge is 0.348 e. The molecule has 0 atom stereocenters. The lowest BCUT2D eigenvalue weighted by atomic mass is 10.0. The van der Waals surface area contributed by atoms with Crippen molar-refractivity contribution >= 4 is 17.2 Å². The van der Waals surface area contributed by atoms with Crippen molar-refractivity contribution in [2.45, 2.75) is 25.4 Å².